The van der Waals surface area contributed by atoms with Gasteiger partial charge in [-0.05, 0) is 56.3 Å². The summed E-state index contributed by atoms with van der Waals surface area (Å²) < 4.78 is 40.1. The fraction of sp³-hybridized carbons (Fsp3) is 0.478. The Morgan fingerprint density at radius 1 is 1.03 bits per heavy atom. The third kappa shape index (κ3) is 5.15. The summed E-state index contributed by atoms with van der Waals surface area (Å²) in [6.45, 7) is 4.63. The van der Waals surface area contributed by atoms with E-state index in [1.165, 1.54) is 12.3 Å². The first-order chi connectivity index (χ1) is 15.3. The fourth-order valence-electron chi connectivity index (χ4n) is 4.32. The molecule has 1 atom stereocenters. The summed E-state index contributed by atoms with van der Waals surface area (Å²) in [5.41, 5.74) is 1.05. The van der Waals surface area contributed by atoms with E-state index in [-0.39, 0.29) is 18.3 Å². The van der Waals surface area contributed by atoms with Gasteiger partial charge in [-0.15, -0.1) is 0 Å². The van der Waals surface area contributed by atoms with E-state index in [1.807, 2.05) is 24.3 Å². The number of anilines is 3. The highest BCUT2D eigenvalue weighted by atomic mass is 19.4. The van der Waals surface area contributed by atoms with Crippen molar-refractivity contribution in [3.05, 3.63) is 48.2 Å². The van der Waals surface area contributed by atoms with E-state index < -0.39 is 17.7 Å². The smallest absolute Gasteiger partial charge is 0.369 e. The van der Waals surface area contributed by atoms with E-state index in [2.05, 4.69) is 27.1 Å². The lowest BCUT2D eigenvalue weighted by molar-refractivity contribution is -0.137. The Bertz CT molecular complexity index is 926. The molecule has 1 N–H and O–H groups in total. The summed E-state index contributed by atoms with van der Waals surface area (Å²) in [6, 6.07) is 10.1. The maximum atomic E-state index is 13.4. The lowest BCUT2D eigenvalue weighted by atomic mass is 9.96. The van der Waals surface area contributed by atoms with Crippen LogP contribution in [-0.2, 0) is 11.0 Å². The molecule has 1 unspecified atom stereocenters. The van der Waals surface area contributed by atoms with Crippen LogP contribution in [0.5, 0.6) is 0 Å². The first-order valence-electron chi connectivity index (χ1n) is 10.9. The maximum Gasteiger partial charge on any atom is 0.419 e. The predicted molar refractivity (Wildman–Crippen MR) is 119 cm³/mol. The van der Waals surface area contributed by atoms with Crippen LogP contribution in [-0.4, -0.2) is 62.1 Å². The van der Waals surface area contributed by atoms with Crippen molar-refractivity contribution in [1.29, 1.82) is 0 Å². The van der Waals surface area contributed by atoms with Gasteiger partial charge in [0.15, 0.2) is 0 Å². The van der Waals surface area contributed by atoms with Crippen molar-refractivity contribution in [2.45, 2.75) is 19.0 Å². The molecule has 2 fully saturated rings. The molecule has 32 heavy (non-hydrogen) atoms. The van der Waals surface area contributed by atoms with Crippen molar-refractivity contribution in [1.82, 2.24) is 9.88 Å². The molecule has 2 aromatic rings. The van der Waals surface area contributed by atoms with Crippen molar-refractivity contribution < 1.29 is 18.0 Å². The number of piperidine rings is 1. The van der Waals surface area contributed by atoms with Gasteiger partial charge in [-0.25, -0.2) is 4.98 Å². The first kappa shape index (κ1) is 22.4. The number of pyridine rings is 1. The van der Waals surface area contributed by atoms with E-state index in [1.54, 1.807) is 4.90 Å². The molecule has 0 bridgehead atoms. The molecule has 0 saturated carbocycles. The molecule has 6 nitrogen and oxygen atoms in total. The Labute approximate surface area is 186 Å². The molecule has 2 aliphatic heterocycles. The Balaban J connectivity index is 1.39. The van der Waals surface area contributed by atoms with E-state index in [0.29, 0.717) is 25.1 Å². The van der Waals surface area contributed by atoms with Crippen molar-refractivity contribution in [3.8, 4) is 0 Å². The third-order valence-electron chi connectivity index (χ3n) is 6.19. The average Bonchev–Trinajstić information content (AvgIpc) is 2.80. The molecule has 1 aromatic carbocycles. The lowest BCUT2D eigenvalue weighted by Crippen LogP contribution is -2.44. The van der Waals surface area contributed by atoms with Gasteiger partial charge in [0.1, 0.15) is 5.82 Å². The molecule has 3 heterocycles. The summed E-state index contributed by atoms with van der Waals surface area (Å²) in [4.78, 5) is 23.0. The first-order valence-corrected chi connectivity index (χ1v) is 10.9. The number of rotatable bonds is 4. The maximum absolute atomic E-state index is 13.4. The van der Waals surface area contributed by atoms with Gasteiger partial charge in [0, 0.05) is 56.8 Å². The van der Waals surface area contributed by atoms with Crippen molar-refractivity contribution in [2.24, 2.45) is 5.92 Å². The molecule has 4 rings (SSSR count). The molecule has 0 aliphatic carbocycles. The monoisotopic (exact) mass is 447 g/mol. The molecule has 172 valence electrons. The van der Waals surface area contributed by atoms with Crippen LogP contribution >= 0.6 is 0 Å². The molecule has 0 radical (unpaired) electrons. The van der Waals surface area contributed by atoms with Gasteiger partial charge in [0.25, 0.3) is 0 Å². The van der Waals surface area contributed by atoms with Gasteiger partial charge in [-0.1, -0.05) is 0 Å². The zero-order valence-electron chi connectivity index (χ0n) is 18.1. The number of likely N-dealkylation sites (N-methyl/N-ethyl adjacent to an activating group) is 1. The largest absolute Gasteiger partial charge is 0.419 e. The second-order valence-corrected chi connectivity index (χ2v) is 8.48. The van der Waals surface area contributed by atoms with Crippen molar-refractivity contribution in [3.63, 3.8) is 0 Å². The van der Waals surface area contributed by atoms with Crippen LogP contribution in [0.2, 0.25) is 0 Å². The molecule has 2 saturated heterocycles. The van der Waals surface area contributed by atoms with E-state index >= 15 is 0 Å². The number of benzene rings is 1. The summed E-state index contributed by atoms with van der Waals surface area (Å²) in [7, 11) is 2.11. The van der Waals surface area contributed by atoms with Crippen molar-refractivity contribution in [2.75, 3.05) is 61.4 Å². The lowest BCUT2D eigenvalue weighted by Gasteiger charge is -2.34. The molecular formula is C23H28F3N5O. The number of nitrogens with one attached hydrogen (secondary N) is 1. The summed E-state index contributed by atoms with van der Waals surface area (Å²) in [6.07, 6.45) is -1.86. The van der Waals surface area contributed by atoms with Gasteiger partial charge >= 0.3 is 6.18 Å². The molecular weight excluding hydrogens is 419 g/mol. The highest BCUT2D eigenvalue weighted by molar-refractivity contribution is 5.93. The van der Waals surface area contributed by atoms with Gasteiger partial charge < -0.3 is 20.0 Å². The number of amides is 1. The minimum absolute atomic E-state index is 0.103. The summed E-state index contributed by atoms with van der Waals surface area (Å²) in [5.74, 6) is -0.676. The molecule has 2 aliphatic rings. The number of aromatic nitrogens is 1. The van der Waals surface area contributed by atoms with Crippen LogP contribution in [0.3, 0.4) is 0 Å². The fourth-order valence-corrected chi connectivity index (χ4v) is 4.32. The van der Waals surface area contributed by atoms with Gasteiger partial charge in [0.05, 0.1) is 11.5 Å². The quantitative estimate of drug-likeness (QED) is 0.775. The zero-order chi connectivity index (χ0) is 22.7. The molecule has 1 aromatic heterocycles. The standard InChI is InChI=1S/C23H28F3N5O/c1-29-12-14-30(15-13-29)19-8-6-18(7-9-19)28-22(32)17-4-3-11-31(16-17)21-20(23(24,25)26)5-2-10-27-21/h2,5-10,17H,3-4,11-16H2,1H3,(H,28,32). The SMILES string of the molecule is CN1CCN(c2ccc(NC(=O)C3CCCN(c4ncccc4C(F)(F)F)C3)cc2)CC1. The number of hydrogen-bond donors (Lipinski definition) is 1. The van der Waals surface area contributed by atoms with E-state index in [4.69, 9.17) is 0 Å². The average molecular weight is 448 g/mol. The molecule has 9 heteroatoms. The van der Waals surface area contributed by atoms with Crippen LogP contribution in [0.25, 0.3) is 0 Å². The number of carbonyl (C=O) groups is 1. The van der Waals surface area contributed by atoms with Crippen LogP contribution in [0.4, 0.5) is 30.4 Å². The number of carbonyl (C=O) groups excluding carboxylic acids is 1. The number of nitrogens with zero attached hydrogens (tertiary/aromatic N) is 4. The Morgan fingerprint density at radius 2 is 1.75 bits per heavy atom. The van der Waals surface area contributed by atoms with E-state index in [0.717, 1.165) is 37.9 Å². The Hall–Kier alpha value is -2.81. The van der Waals surface area contributed by atoms with Crippen LogP contribution in [0.1, 0.15) is 18.4 Å². The highest BCUT2D eigenvalue weighted by Crippen LogP contribution is 2.36. The van der Waals surface area contributed by atoms with E-state index in [9.17, 15) is 18.0 Å². The zero-order valence-corrected chi connectivity index (χ0v) is 18.1. The molecule has 1 amide bonds. The van der Waals surface area contributed by atoms with Crippen molar-refractivity contribution >= 4 is 23.1 Å². The minimum Gasteiger partial charge on any atom is -0.369 e. The highest BCUT2D eigenvalue weighted by Gasteiger charge is 2.37. The third-order valence-corrected chi connectivity index (χ3v) is 6.19. The predicted octanol–water partition coefficient (Wildman–Crippen LogP) is 3.71. The topological polar surface area (TPSA) is 51.7 Å². The minimum atomic E-state index is -4.48. The van der Waals surface area contributed by atoms with Gasteiger partial charge in [-0.3, -0.25) is 4.79 Å². The summed E-state index contributed by atoms with van der Waals surface area (Å²) >= 11 is 0. The Morgan fingerprint density at radius 3 is 2.44 bits per heavy atom. The van der Waals surface area contributed by atoms with Gasteiger partial charge in [-0.2, -0.15) is 13.2 Å². The number of piperazine rings is 1. The number of halogens is 3. The van der Waals surface area contributed by atoms with Gasteiger partial charge in [0.2, 0.25) is 5.91 Å². The van der Waals surface area contributed by atoms with Crippen LogP contribution in [0.15, 0.2) is 42.6 Å². The Kier molecular flexibility index (Phi) is 6.55. The number of alkyl halides is 3. The normalized spacial score (nSPS) is 20.3. The summed E-state index contributed by atoms with van der Waals surface area (Å²) in [5, 5.41) is 2.93. The van der Waals surface area contributed by atoms with Crippen LogP contribution in [0, 0.1) is 5.92 Å². The second-order valence-electron chi connectivity index (χ2n) is 8.48. The van der Waals surface area contributed by atoms with Crippen LogP contribution < -0.4 is 15.1 Å². The second kappa shape index (κ2) is 9.36. The molecule has 0 spiro atoms. The number of hydrogen-bond acceptors (Lipinski definition) is 5.